The Bertz CT molecular complexity index is 322. The predicted molar refractivity (Wildman–Crippen MR) is 74.4 cm³/mol. The Morgan fingerprint density at radius 3 is 2.67 bits per heavy atom. The molecule has 0 bridgehead atoms. The summed E-state index contributed by atoms with van der Waals surface area (Å²) in [6, 6.07) is 4.64. The molecule has 0 fully saturated rings. The molecule has 102 valence electrons. The van der Waals surface area contributed by atoms with Crippen LogP contribution in [-0.4, -0.2) is 43.2 Å². The van der Waals surface area contributed by atoms with Gasteiger partial charge in [0, 0.05) is 25.3 Å². The van der Waals surface area contributed by atoms with Crippen molar-refractivity contribution in [1.82, 2.24) is 15.2 Å². The summed E-state index contributed by atoms with van der Waals surface area (Å²) >= 11 is 0. The van der Waals surface area contributed by atoms with Gasteiger partial charge in [-0.3, -0.25) is 4.98 Å². The van der Waals surface area contributed by atoms with Gasteiger partial charge >= 0.3 is 0 Å². The highest BCUT2D eigenvalue weighted by Gasteiger charge is 1.98. The normalized spacial score (nSPS) is 11.4. The van der Waals surface area contributed by atoms with Crippen LogP contribution >= 0.6 is 0 Å². The molecule has 0 unspecified atom stereocenters. The lowest BCUT2D eigenvalue weighted by molar-refractivity contribution is 0.103. The maximum atomic E-state index is 5.55. The van der Waals surface area contributed by atoms with E-state index in [4.69, 9.17) is 4.74 Å². The summed E-state index contributed by atoms with van der Waals surface area (Å²) in [6.07, 6.45) is 1.92. The van der Waals surface area contributed by atoms with Crippen LogP contribution in [0.15, 0.2) is 18.3 Å². The summed E-state index contributed by atoms with van der Waals surface area (Å²) in [5.41, 5.74) is 2.20. The van der Waals surface area contributed by atoms with E-state index < -0.39 is 0 Å². The summed E-state index contributed by atoms with van der Waals surface area (Å²) in [5, 5.41) is 3.37. The van der Waals surface area contributed by atoms with Crippen LogP contribution in [0.5, 0.6) is 0 Å². The Hall–Kier alpha value is -0.970. The Kier molecular flexibility index (Phi) is 6.86. The Morgan fingerprint density at radius 1 is 1.33 bits per heavy atom. The third-order valence-corrected chi connectivity index (χ3v) is 2.53. The summed E-state index contributed by atoms with van der Waals surface area (Å²) in [5.74, 6) is 0. The highest BCUT2D eigenvalue weighted by molar-refractivity contribution is 5.13. The first kappa shape index (κ1) is 15.1. The SMILES string of the molecule is CC(C)NCc1ccc(COCCN(C)C)nc1. The van der Waals surface area contributed by atoms with Gasteiger partial charge in [-0.15, -0.1) is 0 Å². The van der Waals surface area contributed by atoms with E-state index >= 15 is 0 Å². The Labute approximate surface area is 110 Å². The van der Waals surface area contributed by atoms with Crippen molar-refractivity contribution in [2.45, 2.75) is 33.0 Å². The molecule has 4 heteroatoms. The summed E-state index contributed by atoms with van der Waals surface area (Å²) in [7, 11) is 4.08. The molecular weight excluding hydrogens is 226 g/mol. The number of rotatable bonds is 8. The van der Waals surface area contributed by atoms with Crippen molar-refractivity contribution in [3.8, 4) is 0 Å². The van der Waals surface area contributed by atoms with Gasteiger partial charge in [0.15, 0.2) is 0 Å². The molecule has 0 amide bonds. The van der Waals surface area contributed by atoms with Crippen molar-refractivity contribution in [2.75, 3.05) is 27.2 Å². The minimum Gasteiger partial charge on any atom is -0.374 e. The van der Waals surface area contributed by atoms with Gasteiger partial charge in [-0.05, 0) is 25.7 Å². The van der Waals surface area contributed by atoms with Crippen molar-refractivity contribution in [3.63, 3.8) is 0 Å². The maximum Gasteiger partial charge on any atom is 0.0888 e. The quantitative estimate of drug-likeness (QED) is 0.713. The first-order chi connectivity index (χ1) is 8.58. The van der Waals surface area contributed by atoms with Gasteiger partial charge < -0.3 is 15.0 Å². The van der Waals surface area contributed by atoms with Crippen molar-refractivity contribution < 1.29 is 4.74 Å². The van der Waals surface area contributed by atoms with Gasteiger partial charge in [-0.1, -0.05) is 19.9 Å². The van der Waals surface area contributed by atoms with Crippen LogP contribution in [0, 0.1) is 0 Å². The molecule has 1 rings (SSSR count). The van der Waals surface area contributed by atoms with Gasteiger partial charge in [-0.2, -0.15) is 0 Å². The van der Waals surface area contributed by atoms with Gasteiger partial charge in [0.2, 0.25) is 0 Å². The zero-order valence-electron chi connectivity index (χ0n) is 11.9. The fraction of sp³-hybridized carbons (Fsp3) is 0.643. The number of aromatic nitrogens is 1. The molecule has 1 heterocycles. The minimum absolute atomic E-state index is 0.499. The van der Waals surface area contributed by atoms with Crippen molar-refractivity contribution >= 4 is 0 Å². The van der Waals surface area contributed by atoms with E-state index in [9.17, 15) is 0 Å². The van der Waals surface area contributed by atoms with Gasteiger partial charge in [0.05, 0.1) is 18.9 Å². The molecule has 4 nitrogen and oxygen atoms in total. The lowest BCUT2D eigenvalue weighted by atomic mass is 10.2. The van der Waals surface area contributed by atoms with Gasteiger partial charge in [0.25, 0.3) is 0 Å². The summed E-state index contributed by atoms with van der Waals surface area (Å²) < 4.78 is 5.55. The van der Waals surface area contributed by atoms with Crippen LogP contribution in [0.1, 0.15) is 25.1 Å². The molecule has 0 spiro atoms. The van der Waals surface area contributed by atoms with Gasteiger partial charge in [-0.25, -0.2) is 0 Å². The number of pyridine rings is 1. The highest BCUT2D eigenvalue weighted by Crippen LogP contribution is 2.02. The van der Waals surface area contributed by atoms with Crippen LogP contribution in [-0.2, 0) is 17.9 Å². The van der Waals surface area contributed by atoms with Crippen molar-refractivity contribution in [1.29, 1.82) is 0 Å². The van der Waals surface area contributed by atoms with Crippen LogP contribution < -0.4 is 5.32 Å². The van der Waals surface area contributed by atoms with E-state index in [2.05, 4.69) is 35.1 Å². The second kappa shape index (κ2) is 8.19. The molecule has 0 aliphatic rings. The molecule has 1 aromatic rings. The van der Waals surface area contributed by atoms with E-state index in [1.165, 1.54) is 5.56 Å². The molecule has 0 aromatic carbocycles. The molecule has 0 atom stereocenters. The molecule has 18 heavy (non-hydrogen) atoms. The largest absolute Gasteiger partial charge is 0.374 e. The lowest BCUT2D eigenvalue weighted by Crippen LogP contribution is -2.21. The zero-order chi connectivity index (χ0) is 13.4. The van der Waals surface area contributed by atoms with Gasteiger partial charge in [0.1, 0.15) is 0 Å². The van der Waals surface area contributed by atoms with Crippen LogP contribution in [0.3, 0.4) is 0 Å². The molecule has 0 aliphatic carbocycles. The summed E-state index contributed by atoms with van der Waals surface area (Å²) in [6.45, 7) is 7.42. The smallest absolute Gasteiger partial charge is 0.0888 e. The number of nitrogens with one attached hydrogen (secondary N) is 1. The third kappa shape index (κ3) is 6.69. The second-order valence-electron chi connectivity index (χ2n) is 5.05. The van der Waals surface area contributed by atoms with Crippen LogP contribution in [0.25, 0.3) is 0 Å². The van der Waals surface area contributed by atoms with E-state index in [1.54, 1.807) is 0 Å². The first-order valence-electron chi connectivity index (χ1n) is 6.47. The first-order valence-corrected chi connectivity index (χ1v) is 6.47. The highest BCUT2D eigenvalue weighted by atomic mass is 16.5. The number of ether oxygens (including phenoxy) is 1. The number of hydrogen-bond acceptors (Lipinski definition) is 4. The lowest BCUT2D eigenvalue weighted by Gasteiger charge is -2.10. The molecule has 1 N–H and O–H groups in total. The minimum atomic E-state index is 0.499. The fourth-order valence-electron chi connectivity index (χ4n) is 1.39. The fourth-order valence-corrected chi connectivity index (χ4v) is 1.39. The molecule has 0 radical (unpaired) electrons. The monoisotopic (exact) mass is 251 g/mol. The molecular formula is C14H25N3O. The van der Waals surface area contributed by atoms with Crippen LogP contribution in [0.2, 0.25) is 0 Å². The van der Waals surface area contributed by atoms with E-state index in [1.807, 2.05) is 26.4 Å². The van der Waals surface area contributed by atoms with E-state index in [0.717, 1.165) is 25.4 Å². The molecule has 0 saturated heterocycles. The molecule has 0 saturated carbocycles. The summed E-state index contributed by atoms with van der Waals surface area (Å²) in [4.78, 5) is 6.50. The molecule has 1 aromatic heterocycles. The average Bonchev–Trinajstić information content (AvgIpc) is 2.33. The maximum absolute atomic E-state index is 5.55. The Morgan fingerprint density at radius 2 is 2.11 bits per heavy atom. The molecule has 0 aliphatic heterocycles. The topological polar surface area (TPSA) is 37.4 Å². The van der Waals surface area contributed by atoms with Crippen LogP contribution in [0.4, 0.5) is 0 Å². The van der Waals surface area contributed by atoms with Crippen molar-refractivity contribution in [3.05, 3.63) is 29.6 Å². The second-order valence-corrected chi connectivity index (χ2v) is 5.05. The Balaban J connectivity index is 2.27. The number of likely N-dealkylation sites (N-methyl/N-ethyl adjacent to an activating group) is 1. The predicted octanol–water partition coefficient (Wildman–Crippen LogP) is 1.66. The number of hydrogen-bond donors (Lipinski definition) is 1. The average molecular weight is 251 g/mol. The standard InChI is InChI=1S/C14H25N3O/c1-12(2)15-9-13-5-6-14(16-10-13)11-18-8-7-17(3)4/h5-6,10,12,15H,7-9,11H2,1-4H3. The van der Waals surface area contributed by atoms with Crippen molar-refractivity contribution in [2.24, 2.45) is 0 Å². The van der Waals surface area contributed by atoms with E-state index in [0.29, 0.717) is 12.6 Å². The zero-order valence-corrected chi connectivity index (χ0v) is 11.9. The number of nitrogens with zero attached hydrogens (tertiary/aromatic N) is 2. The third-order valence-electron chi connectivity index (χ3n) is 2.53. The van der Waals surface area contributed by atoms with E-state index in [-0.39, 0.29) is 0 Å².